The van der Waals surface area contributed by atoms with Crippen LogP contribution in [0.15, 0.2) is 54.0 Å². The number of allylic oxidation sites excluding steroid dienone is 1. The Hall–Kier alpha value is -3.86. The fraction of sp³-hybridized carbons (Fsp3) is 0.346. The maximum absolute atomic E-state index is 13.0. The number of ether oxygens (including phenoxy) is 1. The number of nitrogens with zero attached hydrogens (tertiary/aromatic N) is 2. The molecule has 0 unspecified atom stereocenters. The van der Waals surface area contributed by atoms with E-state index in [1.165, 1.54) is 0 Å². The minimum absolute atomic E-state index is 0. The van der Waals surface area contributed by atoms with Gasteiger partial charge in [0.15, 0.2) is 0 Å². The monoisotopic (exact) mass is 515 g/mol. The highest BCUT2D eigenvalue weighted by Gasteiger charge is 2.42. The topological polar surface area (TPSA) is 95.6 Å². The molecule has 4 heterocycles. The molecule has 8 nitrogen and oxygen atoms in total. The first-order valence-electron chi connectivity index (χ1n) is 12.0. The molecular formula is C26H28F3N5O3. The third kappa shape index (κ3) is 4.66. The van der Waals surface area contributed by atoms with Gasteiger partial charge in [0.2, 0.25) is 5.91 Å². The number of fused-ring (bicyclic) bond motifs is 3. The summed E-state index contributed by atoms with van der Waals surface area (Å²) in [7, 11) is 0. The van der Waals surface area contributed by atoms with Gasteiger partial charge in [-0.1, -0.05) is 6.07 Å². The number of rotatable bonds is 4. The first-order valence-corrected chi connectivity index (χ1v) is 12.0. The van der Waals surface area contributed by atoms with E-state index in [2.05, 4.69) is 15.7 Å². The van der Waals surface area contributed by atoms with Crippen molar-refractivity contribution >= 4 is 23.3 Å². The van der Waals surface area contributed by atoms with Gasteiger partial charge in [-0.2, -0.15) is 13.2 Å². The van der Waals surface area contributed by atoms with Gasteiger partial charge in [-0.05, 0) is 61.2 Å². The molecule has 3 N–H and O–H groups in total. The summed E-state index contributed by atoms with van der Waals surface area (Å²) in [4.78, 5) is 32.1. The Balaban J connectivity index is 0.00000336. The second-order valence-electron chi connectivity index (χ2n) is 9.20. The Morgan fingerprint density at radius 3 is 2.86 bits per heavy atom. The molecule has 0 bridgehead atoms. The predicted molar refractivity (Wildman–Crippen MR) is 133 cm³/mol. The van der Waals surface area contributed by atoms with Crippen molar-refractivity contribution in [2.24, 2.45) is 5.92 Å². The maximum atomic E-state index is 13.0. The van der Waals surface area contributed by atoms with Gasteiger partial charge in [0.05, 0.1) is 18.1 Å². The molecule has 3 aliphatic heterocycles. The Morgan fingerprint density at radius 2 is 2.11 bits per heavy atom. The van der Waals surface area contributed by atoms with E-state index in [4.69, 9.17) is 4.74 Å². The van der Waals surface area contributed by atoms with Gasteiger partial charge in [-0.3, -0.25) is 19.9 Å². The number of aryl methyl sites for hydroxylation is 1. The highest BCUT2D eigenvalue weighted by molar-refractivity contribution is 6.06. The standard InChI is InChI=1S/C26H26F3N5O3.H2/c1-3-34-23-20(18-6-7-37-13-21(18)25(34)36)8-15(11-30-23)19-10-17(5-4-14(19)2)32-24(35)16-9-22(26(27,28)29)33-31-12-16;/h4-5,8-12,18,21,31,33H,3,6-7,13H2,1-2H3,(H,32,35);1H/t18-,21+;/m0./s1. The zero-order valence-corrected chi connectivity index (χ0v) is 20.3. The lowest BCUT2D eigenvalue weighted by molar-refractivity contribution is -0.128. The smallest absolute Gasteiger partial charge is 0.381 e. The lowest BCUT2D eigenvalue weighted by Crippen LogP contribution is -2.47. The molecule has 1 saturated heterocycles. The summed E-state index contributed by atoms with van der Waals surface area (Å²) in [6.45, 7) is 5.31. The lowest BCUT2D eigenvalue weighted by atomic mass is 9.78. The number of hydrazine groups is 1. The second kappa shape index (κ2) is 9.55. The molecule has 5 rings (SSSR count). The van der Waals surface area contributed by atoms with Gasteiger partial charge in [-0.25, -0.2) is 4.98 Å². The zero-order chi connectivity index (χ0) is 26.3. The van der Waals surface area contributed by atoms with E-state index in [1.54, 1.807) is 23.2 Å². The molecule has 0 radical (unpaired) electrons. The zero-order valence-electron chi connectivity index (χ0n) is 20.3. The van der Waals surface area contributed by atoms with Gasteiger partial charge < -0.3 is 15.5 Å². The highest BCUT2D eigenvalue weighted by Crippen LogP contribution is 2.44. The van der Waals surface area contributed by atoms with Crippen molar-refractivity contribution in [2.45, 2.75) is 32.4 Å². The molecule has 1 fully saturated rings. The van der Waals surface area contributed by atoms with Crippen LogP contribution in [-0.4, -0.2) is 42.7 Å². The number of carbonyl (C=O) groups is 2. The van der Waals surface area contributed by atoms with Crippen LogP contribution in [0.3, 0.4) is 0 Å². The van der Waals surface area contributed by atoms with E-state index in [0.29, 0.717) is 31.3 Å². The number of nitrogens with one attached hydrogen (secondary N) is 3. The number of anilines is 2. The fourth-order valence-corrected chi connectivity index (χ4v) is 5.01. The van der Waals surface area contributed by atoms with Crippen LogP contribution in [0.4, 0.5) is 24.7 Å². The van der Waals surface area contributed by atoms with Gasteiger partial charge in [0.25, 0.3) is 5.91 Å². The highest BCUT2D eigenvalue weighted by atomic mass is 19.4. The molecule has 1 aromatic heterocycles. The van der Waals surface area contributed by atoms with Crippen LogP contribution in [-0.2, 0) is 14.3 Å². The largest absolute Gasteiger partial charge is 0.432 e. The average Bonchev–Trinajstić information content (AvgIpc) is 2.89. The van der Waals surface area contributed by atoms with E-state index < -0.39 is 17.8 Å². The Labute approximate surface area is 213 Å². The van der Waals surface area contributed by atoms with Crippen molar-refractivity contribution < 1.29 is 28.9 Å². The predicted octanol–water partition coefficient (Wildman–Crippen LogP) is 4.17. The number of amides is 2. The summed E-state index contributed by atoms with van der Waals surface area (Å²) in [5.41, 5.74) is 7.03. The molecular weight excluding hydrogens is 487 g/mol. The first-order chi connectivity index (χ1) is 17.7. The molecule has 0 saturated carbocycles. The summed E-state index contributed by atoms with van der Waals surface area (Å²) < 4.78 is 44.6. The van der Waals surface area contributed by atoms with Crippen LogP contribution >= 0.6 is 0 Å². The minimum atomic E-state index is -4.62. The van der Waals surface area contributed by atoms with Crippen LogP contribution in [0.2, 0.25) is 0 Å². The summed E-state index contributed by atoms with van der Waals surface area (Å²) in [5, 5.41) is 2.67. The van der Waals surface area contributed by atoms with Gasteiger partial charge in [-0.15, -0.1) is 0 Å². The molecule has 1 aromatic carbocycles. The molecule has 0 aliphatic carbocycles. The molecule has 2 amide bonds. The summed E-state index contributed by atoms with van der Waals surface area (Å²) in [5.74, 6) is -0.212. The van der Waals surface area contributed by atoms with E-state index >= 15 is 0 Å². The SMILES string of the molecule is CCN1C(=O)[C@@H]2COCC[C@H]2c2cc(-c3cc(NC(=O)C4=CNNC(C(F)(F)F)=C4)ccc3C)cnc21.[HH]. The molecule has 37 heavy (non-hydrogen) atoms. The quantitative estimate of drug-likeness (QED) is 0.566. The first kappa shape index (κ1) is 24.8. The normalized spacial score (nSPS) is 21.1. The van der Waals surface area contributed by atoms with E-state index in [-0.39, 0.29) is 24.7 Å². The van der Waals surface area contributed by atoms with Crippen LogP contribution in [0.25, 0.3) is 11.1 Å². The number of benzene rings is 1. The molecule has 0 spiro atoms. The van der Waals surface area contributed by atoms with Gasteiger partial charge >= 0.3 is 6.18 Å². The summed E-state index contributed by atoms with van der Waals surface area (Å²) in [6.07, 6.45) is -0.269. The number of alkyl halides is 3. The lowest BCUT2D eigenvalue weighted by Gasteiger charge is -2.40. The summed E-state index contributed by atoms with van der Waals surface area (Å²) >= 11 is 0. The van der Waals surface area contributed by atoms with Crippen molar-refractivity contribution in [3.8, 4) is 11.1 Å². The fourth-order valence-electron chi connectivity index (χ4n) is 5.01. The maximum Gasteiger partial charge on any atom is 0.432 e. The number of aromatic nitrogens is 1. The van der Waals surface area contributed by atoms with Crippen molar-refractivity contribution in [1.29, 1.82) is 0 Å². The Morgan fingerprint density at radius 1 is 1.30 bits per heavy atom. The van der Waals surface area contributed by atoms with Crippen molar-refractivity contribution in [1.82, 2.24) is 15.8 Å². The van der Waals surface area contributed by atoms with Crippen molar-refractivity contribution in [3.05, 3.63) is 65.1 Å². The van der Waals surface area contributed by atoms with E-state index in [1.807, 2.05) is 31.4 Å². The summed E-state index contributed by atoms with van der Waals surface area (Å²) in [6, 6.07) is 7.34. The van der Waals surface area contributed by atoms with Crippen LogP contribution in [0.1, 0.15) is 31.8 Å². The van der Waals surface area contributed by atoms with E-state index in [9.17, 15) is 22.8 Å². The van der Waals surface area contributed by atoms with E-state index in [0.717, 1.165) is 41.0 Å². The van der Waals surface area contributed by atoms with Crippen molar-refractivity contribution in [3.63, 3.8) is 0 Å². The van der Waals surface area contributed by atoms with Crippen LogP contribution < -0.4 is 21.1 Å². The Kier molecular flexibility index (Phi) is 6.40. The number of halogens is 3. The third-order valence-electron chi connectivity index (χ3n) is 6.91. The molecule has 11 heteroatoms. The number of pyridine rings is 1. The molecule has 3 aliphatic rings. The average molecular weight is 516 g/mol. The number of hydrogen-bond acceptors (Lipinski definition) is 6. The Bertz CT molecular complexity index is 1330. The van der Waals surface area contributed by atoms with Crippen LogP contribution in [0, 0.1) is 12.8 Å². The number of carbonyl (C=O) groups excluding carboxylic acids is 2. The number of hydrogen-bond donors (Lipinski definition) is 3. The molecule has 196 valence electrons. The minimum Gasteiger partial charge on any atom is -0.381 e. The van der Waals surface area contributed by atoms with Crippen molar-refractivity contribution in [2.75, 3.05) is 30.0 Å². The third-order valence-corrected chi connectivity index (χ3v) is 6.91. The second-order valence-corrected chi connectivity index (χ2v) is 9.20. The molecule has 2 atom stereocenters. The van der Waals surface area contributed by atoms with Crippen LogP contribution in [0.5, 0.6) is 0 Å². The van der Waals surface area contributed by atoms with Gasteiger partial charge in [0, 0.05) is 44.1 Å². The van der Waals surface area contributed by atoms with Gasteiger partial charge in [0.1, 0.15) is 11.5 Å². The molecule has 2 aromatic rings.